The number of hydrogen-bond donors (Lipinski definition) is 1. The molecule has 164 valence electrons. The highest BCUT2D eigenvalue weighted by atomic mass is 35.5. The number of nitrogens with zero attached hydrogens (tertiary/aromatic N) is 4. The predicted molar refractivity (Wildman–Crippen MR) is 124 cm³/mol. The van der Waals surface area contributed by atoms with Crippen molar-refractivity contribution in [3.8, 4) is 5.75 Å². The molecular weight excluding hydrogens is 473 g/mol. The number of ether oxygens (including phenoxy) is 1. The Morgan fingerprint density at radius 1 is 1.28 bits per heavy atom. The maximum absolute atomic E-state index is 12.1. The third-order valence-corrected chi connectivity index (χ3v) is 5.69. The molecule has 2 heterocycles. The molecule has 11 heteroatoms. The molecule has 32 heavy (non-hydrogen) atoms. The zero-order valence-corrected chi connectivity index (χ0v) is 19.1. The Balaban J connectivity index is 1.25. The minimum Gasteiger partial charge on any atom is -0.482 e. The molecule has 1 amide bonds. The van der Waals surface area contributed by atoms with Crippen molar-refractivity contribution in [1.82, 2.24) is 20.2 Å². The van der Waals surface area contributed by atoms with Gasteiger partial charge in [-0.1, -0.05) is 53.2 Å². The van der Waals surface area contributed by atoms with Crippen LogP contribution in [0, 0.1) is 0 Å². The summed E-state index contributed by atoms with van der Waals surface area (Å²) < 4.78 is 13.0. The molecule has 0 spiro atoms. The number of aromatic nitrogens is 3. The largest absolute Gasteiger partial charge is 0.482 e. The van der Waals surface area contributed by atoms with E-state index >= 15 is 0 Å². The Labute approximate surface area is 197 Å². The van der Waals surface area contributed by atoms with E-state index in [1.807, 2.05) is 42.1 Å². The maximum atomic E-state index is 12.1. The number of aryl methyl sites for hydroxylation is 1. The highest BCUT2D eigenvalue weighted by molar-refractivity contribution is 7.99. The van der Waals surface area contributed by atoms with Crippen molar-refractivity contribution in [3.05, 3.63) is 70.2 Å². The van der Waals surface area contributed by atoms with Crippen LogP contribution in [0.2, 0.25) is 10.0 Å². The normalized spacial score (nSPS) is 11.3. The predicted octanol–water partition coefficient (Wildman–Crippen LogP) is 4.69. The van der Waals surface area contributed by atoms with Gasteiger partial charge in [-0.3, -0.25) is 4.79 Å². The van der Waals surface area contributed by atoms with E-state index in [1.165, 1.54) is 0 Å². The van der Waals surface area contributed by atoms with E-state index in [0.717, 1.165) is 28.2 Å². The van der Waals surface area contributed by atoms with Crippen LogP contribution in [0.5, 0.6) is 5.75 Å². The van der Waals surface area contributed by atoms with Crippen molar-refractivity contribution in [2.24, 2.45) is 12.1 Å². The highest BCUT2D eigenvalue weighted by Crippen LogP contribution is 2.28. The summed E-state index contributed by atoms with van der Waals surface area (Å²) in [6.45, 7) is 0.0381. The van der Waals surface area contributed by atoms with Crippen LogP contribution in [-0.4, -0.2) is 32.6 Å². The van der Waals surface area contributed by atoms with Gasteiger partial charge < -0.3 is 13.7 Å². The van der Waals surface area contributed by atoms with Gasteiger partial charge in [0.05, 0.1) is 17.0 Å². The third-order valence-electron chi connectivity index (χ3n) is 4.34. The summed E-state index contributed by atoms with van der Waals surface area (Å²) in [5.74, 6) is 0.480. The molecule has 1 N–H and O–H groups in total. The van der Waals surface area contributed by atoms with E-state index in [1.54, 1.807) is 24.4 Å². The topological polar surface area (TPSA) is 94.5 Å². The number of hydrogen-bond acceptors (Lipinski definition) is 7. The SMILES string of the molecule is Cn1cc(/C=N\NC(=O)CSc2nnc(COc3ccc(Cl)cc3Cl)o2)c2ccccc21. The number of amides is 1. The second kappa shape index (κ2) is 10.1. The van der Waals surface area contributed by atoms with E-state index < -0.39 is 0 Å². The number of rotatable bonds is 8. The molecule has 0 fully saturated rings. The summed E-state index contributed by atoms with van der Waals surface area (Å²) >= 11 is 13.0. The molecule has 4 rings (SSSR count). The molecule has 2 aromatic carbocycles. The van der Waals surface area contributed by atoms with Gasteiger partial charge in [0.25, 0.3) is 17.0 Å². The molecule has 4 aromatic rings. The first-order valence-electron chi connectivity index (χ1n) is 9.38. The van der Waals surface area contributed by atoms with Gasteiger partial charge in [-0.2, -0.15) is 5.10 Å². The summed E-state index contributed by atoms with van der Waals surface area (Å²) in [4.78, 5) is 12.1. The van der Waals surface area contributed by atoms with Crippen LogP contribution in [0.4, 0.5) is 0 Å². The average molecular weight is 490 g/mol. The van der Waals surface area contributed by atoms with Crippen LogP contribution in [0.3, 0.4) is 0 Å². The van der Waals surface area contributed by atoms with E-state index in [0.29, 0.717) is 15.8 Å². The van der Waals surface area contributed by atoms with Crippen LogP contribution in [-0.2, 0) is 18.4 Å². The number of thioether (sulfide) groups is 1. The van der Waals surface area contributed by atoms with Gasteiger partial charge in [0, 0.05) is 34.7 Å². The van der Waals surface area contributed by atoms with Crippen molar-refractivity contribution in [2.45, 2.75) is 11.8 Å². The molecule has 0 atom stereocenters. The Hall–Kier alpha value is -3.01. The van der Waals surface area contributed by atoms with Crippen LogP contribution >= 0.6 is 35.0 Å². The van der Waals surface area contributed by atoms with Gasteiger partial charge >= 0.3 is 0 Å². The summed E-state index contributed by atoms with van der Waals surface area (Å²) in [6, 6.07) is 12.9. The first-order valence-corrected chi connectivity index (χ1v) is 11.1. The summed E-state index contributed by atoms with van der Waals surface area (Å²) in [5.41, 5.74) is 4.50. The minimum atomic E-state index is -0.296. The molecule has 0 bridgehead atoms. The van der Waals surface area contributed by atoms with Gasteiger partial charge in [-0.15, -0.1) is 10.2 Å². The Kier molecular flexibility index (Phi) is 6.99. The molecule has 0 saturated heterocycles. The molecule has 0 saturated carbocycles. The summed E-state index contributed by atoms with van der Waals surface area (Å²) in [6.07, 6.45) is 3.57. The number of carbonyl (C=O) groups is 1. The summed E-state index contributed by atoms with van der Waals surface area (Å²) in [5, 5.41) is 14.0. The second-order valence-corrected chi connectivity index (χ2v) is 8.39. The standard InChI is InChI=1S/C21H17Cl2N5O3S/c1-28-10-13(15-4-2-3-5-17(15)28)9-24-25-19(29)12-32-21-27-26-20(31-21)11-30-18-7-6-14(22)8-16(18)23/h2-10H,11-12H2,1H3,(H,25,29)/b24-9-. The van der Waals surface area contributed by atoms with E-state index in [9.17, 15) is 4.79 Å². The fourth-order valence-electron chi connectivity index (χ4n) is 2.90. The number of hydrazone groups is 1. The van der Waals surface area contributed by atoms with Crippen molar-refractivity contribution < 1.29 is 13.9 Å². The lowest BCUT2D eigenvalue weighted by Crippen LogP contribution is -2.19. The molecule has 0 radical (unpaired) electrons. The zero-order chi connectivity index (χ0) is 22.5. The van der Waals surface area contributed by atoms with Crippen LogP contribution in [0.25, 0.3) is 10.9 Å². The van der Waals surface area contributed by atoms with Crippen LogP contribution < -0.4 is 10.2 Å². The number of benzene rings is 2. The number of halogens is 2. The van der Waals surface area contributed by atoms with Gasteiger partial charge in [-0.05, 0) is 24.3 Å². The third kappa shape index (κ3) is 5.42. The minimum absolute atomic E-state index is 0.0381. The number of fused-ring (bicyclic) bond motifs is 1. The first-order chi connectivity index (χ1) is 15.5. The van der Waals surface area contributed by atoms with Crippen LogP contribution in [0.1, 0.15) is 11.5 Å². The summed E-state index contributed by atoms with van der Waals surface area (Å²) in [7, 11) is 1.96. The molecular formula is C21H17Cl2N5O3S. The van der Waals surface area contributed by atoms with Crippen molar-refractivity contribution in [2.75, 3.05) is 5.75 Å². The van der Waals surface area contributed by atoms with Crippen molar-refractivity contribution >= 4 is 58.0 Å². The van der Waals surface area contributed by atoms with E-state index in [-0.39, 0.29) is 29.4 Å². The van der Waals surface area contributed by atoms with E-state index in [2.05, 4.69) is 20.7 Å². The van der Waals surface area contributed by atoms with Gasteiger partial charge in [0.15, 0.2) is 6.61 Å². The average Bonchev–Trinajstić information content (AvgIpc) is 3.36. The molecule has 0 aliphatic heterocycles. The molecule has 2 aromatic heterocycles. The second-order valence-electron chi connectivity index (χ2n) is 6.62. The lowest BCUT2D eigenvalue weighted by atomic mass is 10.2. The first kappa shape index (κ1) is 22.2. The van der Waals surface area contributed by atoms with Gasteiger partial charge in [0.2, 0.25) is 0 Å². The number of carbonyl (C=O) groups excluding carboxylic acids is 1. The van der Waals surface area contributed by atoms with Gasteiger partial charge in [0.1, 0.15) is 5.75 Å². The molecule has 0 aliphatic carbocycles. The number of nitrogens with one attached hydrogen (secondary N) is 1. The maximum Gasteiger partial charge on any atom is 0.277 e. The fourth-order valence-corrected chi connectivity index (χ4v) is 3.93. The van der Waals surface area contributed by atoms with E-state index in [4.69, 9.17) is 32.4 Å². The Morgan fingerprint density at radius 2 is 2.12 bits per heavy atom. The highest BCUT2D eigenvalue weighted by Gasteiger charge is 2.11. The molecule has 8 nitrogen and oxygen atoms in total. The molecule has 0 aliphatic rings. The fraction of sp³-hybridized carbons (Fsp3) is 0.143. The Morgan fingerprint density at radius 3 is 2.97 bits per heavy atom. The van der Waals surface area contributed by atoms with Crippen LogP contribution in [0.15, 0.2) is 63.4 Å². The quantitative estimate of drug-likeness (QED) is 0.219. The lowest BCUT2D eigenvalue weighted by Gasteiger charge is -2.05. The molecule has 0 unspecified atom stereocenters. The monoisotopic (exact) mass is 489 g/mol. The zero-order valence-electron chi connectivity index (χ0n) is 16.8. The lowest BCUT2D eigenvalue weighted by molar-refractivity contribution is -0.118. The van der Waals surface area contributed by atoms with Gasteiger partial charge in [-0.25, -0.2) is 5.43 Å². The number of para-hydroxylation sites is 1. The Bertz CT molecular complexity index is 1290. The van der Waals surface area contributed by atoms with Crippen molar-refractivity contribution in [1.29, 1.82) is 0 Å². The van der Waals surface area contributed by atoms with Crippen molar-refractivity contribution in [3.63, 3.8) is 0 Å². The smallest absolute Gasteiger partial charge is 0.277 e.